The average Bonchev–Trinajstić information content (AvgIpc) is 2.72. The van der Waals surface area contributed by atoms with Crippen LogP contribution >= 0.6 is 0 Å². The molecule has 0 spiro atoms. The number of hydrogen-bond donors (Lipinski definition) is 1. The van der Waals surface area contributed by atoms with E-state index in [0.717, 1.165) is 39.4 Å². The molecule has 30 heavy (non-hydrogen) atoms. The van der Waals surface area contributed by atoms with Crippen LogP contribution in [0.25, 0.3) is 0 Å². The predicted molar refractivity (Wildman–Crippen MR) is 116 cm³/mol. The van der Waals surface area contributed by atoms with Crippen molar-refractivity contribution in [3.05, 3.63) is 101 Å². The normalized spacial score (nSPS) is 12.2. The first kappa shape index (κ1) is 21.5. The van der Waals surface area contributed by atoms with Gasteiger partial charge in [-0.1, -0.05) is 60.2 Å². The van der Waals surface area contributed by atoms with E-state index in [2.05, 4.69) is 5.32 Å². The summed E-state index contributed by atoms with van der Waals surface area (Å²) in [5.74, 6) is -0.959. The molecule has 0 aliphatic carbocycles. The summed E-state index contributed by atoms with van der Waals surface area (Å²) in [7, 11) is -3.75. The van der Waals surface area contributed by atoms with Crippen LogP contribution in [0.1, 0.15) is 22.7 Å². The zero-order valence-corrected chi connectivity index (χ0v) is 17.6. The molecule has 0 aromatic heterocycles. The summed E-state index contributed by atoms with van der Waals surface area (Å²) in [6, 6.07) is 21.8. The van der Waals surface area contributed by atoms with Crippen LogP contribution in [0.2, 0.25) is 0 Å². The molecular weight excluding hydrogens is 403 g/mol. The van der Waals surface area contributed by atoms with Crippen LogP contribution in [-0.4, -0.2) is 27.1 Å². The molecule has 1 amide bonds. The highest BCUT2D eigenvalue weighted by Crippen LogP contribution is 2.23. The summed E-state index contributed by atoms with van der Waals surface area (Å²) in [6.45, 7) is 1.56. The first-order valence-corrected chi connectivity index (χ1v) is 11.2. The maximum Gasteiger partial charge on any atom is 0.241 e. The number of anilines is 1. The lowest BCUT2D eigenvalue weighted by molar-refractivity contribution is -0.120. The molecule has 0 radical (unpaired) electrons. The molecule has 156 valence electrons. The molecule has 0 saturated carbocycles. The molecule has 0 heterocycles. The highest BCUT2D eigenvalue weighted by molar-refractivity contribution is 7.92. The Balaban J connectivity index is 1.87. The van der Waals surface area contributed by atoms with E-state index in [1.165, 1.54) is 12.1 Å². The minimum Gasteiger partial charge on any atom is -0.344 e. The number of amides is 1. The second-order valence-electron chi connectivity index (χ2n) is 7.07. The Morgan fingerprint density at radius 1 is 0.933 bits per heavy atom. The van der Waals surface area contributed by atoms with Gasteiger partial charge < -0.3 is 5.32 Å². The Labute approximate surface area is 176 Å². The molecule has 1 atom stereocenters. The van der Waals surface area contributed by atoms with E-state index in [1.807, 2.05) is 61.5 Å². The van der Waals surface area contributed by atoms with Crippen LogP contribution in [0.4, 0.5) is 10.1 Å². The van der Waals surface area contributed by atoms with Crippen LogP contribution in [-0.2, 0) is 14.8 Å². The minimum atomic E-state index is -3.75. The Bertz CT molecular complexity index is 1100. The first-order valence-electron chi connectivity index (χ1n) is 9.38. The Hall–Kier alpha value is -3.19. The fraction of sp³-hybridized carbons (Fsp3) is 0.174. The number of sulfonamides is 1. The van der Waals surface area contributed by atoms with Gasteiger partial charge in [-0.05, 0) is 42.3 Å². The first-order chi connectivity index (χ1) is 14.2. The molecule has 0 saturated heterocycles. The standard InChI is InChI=1S/C23H23FN2O3S/c1-17-8-10-19(11-9-17)23(18-6-4-3-5-7-18)25-22(27)16-26(30(2,28)29)21-14-12-20(24)13-15-21/h3-15,23H,16H2,1-2H3,(H,25,27)/t23-/m0/s1. The van der Waals surface area contributed by atoms with E-state index in [9.17, 15) is 17.6 Å². The zero-order chi connectivity index (χ0) is 21.7. The third kappa shape index (κ3) is 5.45. The van der Waals surface area contributed by atoms with E-state index in [4.69, 9.17) is 0 Å². The zero-order valence-electron chi connectivity index (χ0n) is 16.7. The number of carbonyl (C=O) groups excluding carboxylic acids is 1. The highest BCUT2D eigenvalue weighted by atomic mass is 32.2. The quantitative estimate of drug-likeness (QED) is 0.625. The molecule has 0 aliphatic rings. The van der Waals surface area contributed by atoms with Gasteiger partial charge in [-0.3, -0.25) is 9.10 Å². The van der Waals surface area contributed by atoms with Crippen molar-refractivity contribution in [1.29, 1.82) is 0 Å². The molecular formula is C23H23FN2O3S. The van der Waals surface area contributed by atoms with Gasteiger partial charge in [0.05, 0.1) is 18.0 Å². The van der Waals surface area contributed by atoms with Crippen molar-refractivity contribution in [3.63, 3.8) is 0 Å². The van der Waals surface area contributed by atoms with Gasteiger partial charge in [0.25, 0.3) is 0 Å². The van der Waals surface area contributed by atoms with Crippen molar-refractivity contribution >= 4 is 21.6 Å². The Morgan fingerprint density at radius 3 is 2.07 bits per heavy atom. The largest absolute Gasteiger partial charge is 0.344 e. The number of nitrogens with one attached hydrogen (secondary N) is 1. The fourth-order valence-electron chi connectivity index (χ4n) is 3.11. The average molecular weight is 427 g/mol. The van der Waals surface area contributed by atoms with Gasteiger partial charge in [0, 0.05) is 0 Å². The summed E-state index contributed by atoms with van der Waals surface area (Å²) in [5, 5.41) is 2.93. The fourth-order valence-corrected chi connectivity index (χ4v) is 3.96. The van der Waals surface area contributed by atoms with Crippen molar-refractivity contribution in [2.24, 2.45) is 0 Å². The number of benzene rings is 3. The molecule has 0 unspecified atom stereocenters. The number of carbonyl (C=O) groups is 1. The van der Waals surface area contributed by atoms with Crippen molar-refractivity contribution in [1.82, 2.24) is 5.32 Å². The summed E-state index contributed by atoms with van der Waals surface area (Å²) in [5.41, 5.74) is 3.08. The molecule has 0 aliphatic heterocycles. The number of hydrogen-bond acceptors (Lipinski definition) is 3. The molecule has 0 bridgehead atoms. The predicted octanol–water partition coefficient (Wildman–Crippen LogP) is 3.81. The van der Waals surface area contributed by atoms with Gasteiger partial charge in [-0.25, -0.2) is 12.8 Å². The molecule has 0 fully saturated rings. The van der Waals surface area contributed by atoms with Crippen molar-refractivity contribution in [2.75, 3.05) is 17.1 Å². The molecule has 3 rings (SSSR count). The lowest BCUT2D eigenvalue weighted by atomic mass is 9.98. The van der Waals surface area contributed by atoms with Crippen LogP contribution in [0, 0.1) is 12.7 Å². The Kier molecular flexibility index (Phi) is 6.52. The van der Waals surface area contributed by atoms with Gasteiger partial charge in [0.2, 0.25) is 15.9 Å². The Morgan fingerprint density at radius 2 is 1.50 bits per heavy atom. The van der Waals surface area contributed by atoms with Crippen molar-refractivity contribution in [2.45, 2.75) is 13.0 Å². The number of aryl methyl sites for hydroxylation is 1. The molecule has 1 N–H and O–H groups in total. The second-order valence-corrected chi connectivity index (χ2v) is 8.97. The van der Waals surface area contributed by atoms with E-state index in [1.54, 1.807) is 0 Å². The monoisotopic (exact) mass is 426 g/mol. The summed E-state index contributed by atoms with van der Waals surface area (Å²) >= 11 is 0. The maximum absolute atomic E-state index is 13.2. The maximum atomic E-state index is 13.2. The van der Waals surface area contributed by atoms with E-state index < -0.39 is 34.3 Å². The summed E-state index contributed by atoms with van der Waals surface area (Å²) < 4.78 is 38.7. The van der Waals surface area contributed by atoms with Crippen molar-refractivity contribution in [3.8, 4) is 0 Å². The van der Waals surface area contributed by atoms with Crippen LogP contribution < -0.4 is 9.62 Å². The molecule has 3 aromatic rings. The smallest absolute Gasteiger partial charge is 0.241 e. The van der Waals surface area contributed by atoms with E-state index >= 15 is 0 Å². The number of nitrogens with zero attached hydrogens (tertiary/aromatic N) is 1. The van der Waals surface area contributed by atoms with Gasteiger partial charge in [-0.2, -0.15) is 0 Å². The summed E-state index contributed by atoms with van der Waals surface area (Å²) in [4.78, 5) is 12.9. The van der Waals surface area contributed by atoms with Crippen molar-refractivity contribution < 1.29 is 17.6 Å². The topological polar surface area (TPSA) is 66.5 Å². The molecule has 7 heteroatoms. The third-order valence-electron chi connectivity index (χ3n) is 4.65. The van der Waals surface area contributed by atoms with Gasteiger partial charge in [0.15, 0.2) is 0 Å². The second kappa shape index (κ2) is 9.09. The minimum absolute atomic E-state index is 0.223. The lowest BCUT2D eigenvalue weighted by Crippen LogP contribution is -2.41. The van der Waals surface area contributed by atoms with Gasteiger partial charge >= 0.3 is 0 Å². The number of halogens is 1. The summed E-state index contributed by atoms with van der Waals surface area (Å²) in [6.07, 6.45) is 1.01. The SMILES string of the molecule is Cc1ccc([C@@H](NC(=O)CN(c2ccc(F)cc2)S(C)(=O)=O)c2ccccc2)cc1. The highest BCUT2D eigenvalue weighted by Gasteiger charge is 2.23. The van der Waals surface area contributed by atoms with Crippen LogP contribution in [0.3, 0.4) is 0 Å². The van der Waals surface area contributed by atoms with E-state index in [0.29, 0.717) is 0 Å². The molecule has 3 aromatic carbocycles. The molecule has 5 nitrogen and oxygen atoms in total. The van der Waals surface area contributed by atoms with E-state index in [-0.39, 0.29) is 5.69 Å². The lowest BCUT2D eigenvalue weighted by Gasteiger charge is -2.25. The third-order valence-corrected chi connectivity index (χ3v) is 5.79. The van der Waals surface area contributed by atoms with Crippen LogP contribution in [0.15, 0.2) is 78.9 Å². The van der Waals surface area contributed by atoms with Gasteiger partial charge in [-0.15, -0.1) is 0 Å². The van der Waals surface area contributed by atoms with Crippen LogP contribution in [0.5, 0.6) is 0 Å². The number of rotatable bonds is 7. The van der Waals surface area contributed by atoms with Gasteiger partial charge in [0.1, 0.15) is 12.4 Å².